The first kappa shape index (κ1) is 13.9. The summed E-state index contributed by atoms with van der Waals surface area (Å²) in [5.41, 5.74) is 8.10. The van der Waals surface area contributed by atoms with Gasteiger partial charge in [0.2, 0.25) is 0 Å². The van der Waals surface area contributed by atoms with E-state index in [-0.39, 0.29) is 6.04 Å². The largest absolute Gasteiger partial charge is 0.390 e. The third-order valence-corrected chi connectivity index (χ3v) is 5.82. The third kappa shape index (κ3) is 2.34. The molecule has 0 bridgehead atoms. The van der Waals surface area contributed by atoms with E-state index in [1.165, 1.54) is 4.88 Å². The molecule has 1 saturated heterocycles. The topological polar surface area (TPSA) is 68.2 Å². The molecule has 1 atom stereocenters. The highest BCUT2D eigenvalue weighted by Gasteiger charge is 2.27. The predicted molar refractivity (Wildman–Crippen MR) is 84.2 cm³/mol. The van der Waals surface area contributed by atoms with Gasteiger partial charge < -0.3 is 10.3 Å². The van der Waals surface area contributed by atoms with Crippen LogP contribution < -0.4 is 5.73 Å². The minimum Gasteiger partial charge on any atom is -0.390 e. The number of nitrogen functional groups attached to an aromatic ring is 1. The lowest BCUT2D eigenvalue weighted by Crippen LogP contribution is -2.33. The van der Waals surface area contributed by atoms with Crippen molar-refractivity contribution in [1.82, 2.24) is 15.0 Å². The number of aromatic nitrogens is 2. The maximum atomic E-state index is 6.07. The first-order valence-electron chi connectivity index (χ1n) is 6.55. The molecule has 3 heterocycles. The number of thioether (sulfide) groups is 1. The summed E-state index contributed by atoms with van der Waals surface area (Å²) in [6, 6.07) is 0.229. The zero-order valence-electron chi connectivity index (χ0n) is 11.8. The van der Waals surface area contributed by atoms with Crippen molar-refractivity contribution in [2.45, 2.75) is 19.9 Å². The SMILES string of the molecule is Cc1sc(N)c(-c2nc(C3CSCCN3C)no2)c1C. The molecule has 0 aromatic carbocycles. The standard InChI is InChI=1S/C13H18N4OS2/c1-7-8(2)20-11(14)10(7)13-15-12(16-18-13)9-6-19-5-4-17(9)3/h9H,4-6,14H2,1-3H3. The summed E-state index contributed by atoms with van der Waals surface area (Å²) in [5, 5.41) is 4.92. The Balaban J connectivity index is 1.93. The summed E-state index contributed by atoms with van der Waals surface area (Å²) >= 11 is 3.50. The number of nitrogens with zero attached hydrogens (tertiary/aromatic N) is 3. The Morgan fingerprint density at radius 3 is 2.85 bits per heavy atom. The van der Waals surface area contributed by atoms with Crippen molar-refractivity contribution in [3.8, 4) is 11.5 Å². The number of anilines is 1. The molecule has 1 aliphatic rings. The molecule has 0 radical (unpaired) electrons. The van der Waals surface area contributed by atoms with Gasteiger partial charge in [-0.15, -0.1) is 11.3 Å². The number of rotatable bonds is 2. The highest BCUT2D eigenvalue weighted by molar-refractivity contribution is 7.99. The van der Waals surface area contributed by atoms with Crippen LogP contribution >= 0.6 is 23.1 Å². The fourth-order valence-electron chi connectivity index (χ4n) is 2.35. The van der Waals surface area contributed by atoms with E-state index in [1.807, 2.05) is 18.7 Å². The Bertz CT molecular complexity index is 622. The van der Waals surface area contributed by atoms with Gasteiger partial charge in [-0.1, -0.05) is 5.16 Å². The van der Waals surface area contributed by atoms with E-state index in [1.54, 1.807) is 11.3 Å². The summed E-state index contributed by atoms with van der Waals surface area (Å²) < 4.78 is 5.46. The minimum absolute atomic E-state index is 0.229. The summed E-state index contributed by atoms with van der Waals surface area (Å²) in [5.74, 6) is 3.47. The molecule has 1 fully saturated rings. The van der Waals surface area contributed by atoms with Crippen LogP contribution in [0.25, 0.3) is 11.5 Å². The maximum absolute atomic E-state index is 6.07. The van der Waals surface area contributed by atoms with E-state index >= 15 is 0 Å². The van der Waals surface area contributed by atoms with Crippen LogP contribution in [0.3, 0.4) is 0 Å². The second kappa shape index (κ2) is 5.38. The van der Waals surface area contributed by atoms with Gasteiger partial charge in [-0.25, -0.2) is 0 Å². The molecule has 2 N–H and O–H groups in total. The van der Waals surface area contributed by atoms with Gasteiger partial charge in [-0.05, 0) is 26.5 Å². The molecule has 0 saturated carbocycles. The summed E-state index contributed by atoms with van der Waals surface area (Å²) in [6.07, 6.45) is 0. The van der Waals surface area contributed by atoms with E-state index in [4.69, 9.17) is 10.3 Å². The minimum atomic E-state index is 0.229. The van der Waals surface area contributed by atoms with E-state index in [0.717, 1.165) is 40.0 Å². The third-order valence-electron chi connectivity index (χ3n) is 3.76. The second-order valence-corrected chi connectivity index (χ2v) is 7.46. The van der Waals surface area contributed by atoms with Gasteiger partial charge in [0.25, 0.3) is 5.89 Å². The molecule has 0 spiro atoms. The molecule has 0 amide bonds. The second-order valence-electron chi connectivity index (χ2n) is 5.05. The van der Waals surface area contributed by atoms with Gasteiger partial charge in [0.05, 0.1) is 16.6 Å². The fraction of sp³-hybridized carbons (Fsp3) is 0.538. The van der Waals surface area contributed by atoms with Crippen molar-refractivity contribution >= 4 is 28.1 Å². The highest BCUT2D eigenvalue weighted by Crippen LogP contribution is 2.38. The normalized spacial score (nSPS) is 20.4. The van der Waals surface area contributed by atoms with Crippen molar-refractivity contribution in [3.05, 3.63) is 16.3 Å². The summed E-state index contributed by atoms with van der Waals surface area (Å²) in [7, 11) is 2.11. The molecule has 0 aliphatic carbocycles. The van der Waals surface area contributed by atoms with Gasteiger partial charge in [0.15, 0.2) is 5.82 Å². The Hall–Kier alpha value is -1.05. The average molecular weight is 310 g/mol. The Morgan fingerprint density at radius 1 is 1.40 bits per heavy atom. The first-order valence-corrected chi connectivity index (χ1v) is 8.52. The Kier molecular flexibility index (Phi) is 3.74. The summed E-state index contributed by atoms with van der Waals surface area (Å²) in [6.45, 7) is 5.16. The molecule has 3 rings (SSSR count). The van der Waals surface area contributed by atoms with Crippen molar-refractivity contribution in [2.24, 2.45) is 0 Å². The number of hydrogen-bond donors (Lipinski definition) is 1. The molecule has 5 nitrogen and oxygen atoms in total. The monoisotopic (exact) mass is 310 g/mol. The maximum Gasteiger partial charge on any atom is 0.261 e. The van der Waals surface area contributed by atoms with Crippen LogP contribution in [0.2, 0.25) is 0 Å². The highest BCUT2D eigenvalue weighted by atomic mass is 32.2. The number of thiophene rings is 1. The molecule has 2 aromatic rings. The van der Waals surface area contributed by atoms with Crippen LogP contribution in [0, 0.1) is 13.8 Å². The van der Waals surface area contributed by atoms with Gasteiger partial charge >= 0.3 is 0 Å². The number of aryl methyl sites for hydroxylation is 1. The number of hydrogen-bond acceptors (Lipinski definition) is 7. The quantitative estimate of drug-likeness (QED) is 0.920. The molecule has 1 unspecified atom stereocenters. The van der Waals surface area contributed by atoms with Gasteiger partial charge in [0.1, 0.15) is 0 Å². The van der Waals surface area contributed by atoms with E-state index in [9.17, 15) is 0 Å². The van der Waals surface area contributed by atoms with Gasteiger partial charge in [0, 0.05) is 22.9 Å². The lowest BCUT2D eigenvalue weighted by molar-refractivity contribution is 0.257. The molecular weight excluding hydrogens is 292 g/mol. The average Bonchev–Trinajstić information content (AvgIpc) is 2.96. The van der Waals surface area contributed by atoms with Crippen molar-refractivity contribution in [1.29, 1.82) is 0 Å². The van der Waals surface area contributed by atoms with Crippen molar-refractivity contribution < 1.29 is 4.52 Å². The summed E-state index contributed by atoms with van der Waals surface area (Å²) in [4.78, 5) is 8.06. The fourth-order valence-corrected chi connectivity index (χ4v) is 4.49. The molecule has 20 heavy (non-hydrogen) atoms. The molecule has 1 aliphatic heterocycles. The molecule has 108 valence electrons. The van der Waals surface area contributed by atoms with Crippen LogP contribution in [0.15, 0.2) is 4.52 Å². The van der Waals surface area contributed by atoms with Crippen LogP contribution in [0.4, 0.5) is 5.00 Å². The van der Waals surface area contributed by atoms with E-state index < -0.39 is 0 Å². The predicted octanol–water partition coefficient (Wildman–Crippen LogP) is 2.72. The molecular formula is C13H18N4OS2. The number of nitrogens with two attached hydrogens (primary N) is 1. The van der Waals surface area contributed by atoms with Gasteiger partial charge in [-0.3, -0.25) is 4.90 Å². The van der Waals surface area contributed by atoms with Gasteiger partial charge in [-0.2, -0.15) is 16.7 Å². The van der Waals surface area contributed by atoms with Crippen LogP contribution in [0.5, 0.6) is 0 Å². The molecule has 7 heteroatoms. The van der Waals surface area contributed by atoms with Crippen molar-refractivity contribution in [3.63, 3.8) is 0 Å². The zero-order valence-corrected chi connectivity index (χ0v) is 13.5. The van der Waals surface area contributed by atoms with Crippen LogP contribution in [-0.2, 0) is 0 Å². The van der Waals surface area contributed by atoms with Crippen LogP contribution in [-0.4, -0.2) is 40.1 Å². The lowest BCUT2D eigenvalue weighted by atomic mass is 10.1. The molecule has 2 aromatic heterocycles. The lowest BCUT2D eigenvalue weighted by Gasteiger charge is -2.29. The first-order chi connectivity index (χ1) is 9.58. The smallest absolute Gasteiger partial charge is 0.261 e. The Labute approximate surface area is 126 Å². The Morgan fingerprint density at radius 2 is 2.20 bits per heavy atom. The van der Waals surface area contributed by atoms with Crippen molar-refractivity contribution in [2.75, 3.05) is 30.8 Å². The van der Waals surface area contributed by atoms with E-state index in [2.05, 4.69) is 29.0 Å². The van der Waals surface area contributed by atoms with E-state index in [0.29, 0.717) is 5.89 Å². The van der Waals surface area contributed by atoms with Crippen LogP contribution in [0.1, 0.15) is 22.3 Å². The zero-order chi connectivity index (χ0) is 14.3.